The molecule has 3 fully saturated rings. The van der Waals surface area contributed by atoms with Gasteiger partial charge in [-0.05, 0) is 52.4 Å². The Bertz CT molecular complexity index is 841. The standard InChI is InChI=1S/C23H34N4O5/c1-15-14-31-12-4-3-7-23(22(30)25-16(2)20(28)24-15)8-10-27(11-9-23)21(29)18-13-19(32-26-18)17-5-6-17/h13,15-17H,3-12,14H2,1-2H3,(H,24,28)(H,25,30)/t15-,16-/m0/s1. The van der Waals surface area contributed by atoms with Gasteiger partial charge in [0.1, 0.15) is 11.8 Å². The Balaban J connectivity index is 1.41. The van der Waals surface area contributed by atoms with Crippen LogP contribution in [0.25, 0.3) is 0 Å². The van der Waals surface area contributed by atoms with Crippen LogP contribution in [-0.2, 0) is 14.3 Å². The summed E-state index contributed by atoms with van der Waals surface area (Å²) in [6, 6.07) is 1.03. The molecule has 9 nitrogen and oxygen atoms in total. The molecule has 3 heterocycles. The van der Waals surface area contributed by atoms with E-state index in [0.717, 1.165) is 31.4 Å². The van der Waals surface area contributed by atoms with Gasteiger partial charge in [-0.15, -0.1) is 0 Å². The number of hydrogen-bond acceptors (Lipinski definition) is 6. The second kappa shape index (κ2) is 9.60. The number of carbonyl (C=O) groups excluding carboxylic acids is 3. The zero-order valence-corrected chi connectivity index (χ0v) is 19.0. The molecule has 0 bridgehead atoms. The Labute approximate surface area is 188 Å². The third kappa shape index (κ3) is 5.14. The van der Waals surface area contributed by atoms with E-state index >= 15 is 0 Å². The maximum atomic E-state index is 13.3. The fourth-order valence-corrected chi connectivity index (χ4v) is 4.59. The molecule has 1 aromatic heterocycles. The van der Waals surface area contributed by atoms with Gasteiger partial charge in [-0.3, -0.25) is 14.4 Å². The number of likely N-dealkylation sites (tertiary alicyclic amines) is 1. The minimum Gasteiger partial charge on any atom is -0.379 e. The number of nitrogens with zero attached hydrogens (tertiary/aromatic N) is 2. The van der Waals surface area contributed by atoms with Gasteiger partial charge < -0.3 is 24.8 Å². The number of carbonyl (C=O) groups is 3. The topological polar surface area (TPSA) is 114 Å². The number of piperidine rings is 1. The average Bonchev–Trinajstić information content (AvgIpc) is 3.51. The molecule has 3 aliphatic rings. The predicted molar refractivity (Wildman–Crippen MR) is 116 cm³/mol. The Morgan fingerprint density at radius 3 is 2.59 bits per heavy atom. The molecule has 176 valence electrons. The van der Waals surface area contributed by atoms with Crippen LogP contribution in [0.3, 0.4) is 0 Å². The van der Waals surface area contributed by atoms with Crippen LogP contribution in [0.1, 0.15) is 81.0 Å². The number of amides is 3. The van der Waals surface area contributed by atoms with Crippen molar-refractivity contribution in [1.29, 1.82) is 0 Å². The maximum absolute atomic E-state index is 13.3. The van der Waals surface area contributed by atoms with E-state index in [2.05, 4.69) is 15.8 Å². The summed E-state index contributed by atoms with van der Waals surface area (Å²) < 4.78 is 11.0. The molecule has 32 heavy (non-hydrogen) atoms. The first kappa shape index (κ1) is 22.8. The van der Waals surface area contributed by atoms with Crippen molar-refractivity contribution < 1.29 is 23.6 Å². The van der Waals surface area contributed by atoms with Crippen LogP contribution in [0.2, 0.25) is 0 Å². The van der Waals surface area contributed by atoms with Gasteiger partial charge in [0.05, 0.1) is 12.0 Å². The molecule has 2 saturated heterocycles. The lowest BCUT2D eigenvalue weighted by Gasteiger charge is -2.41. The highest BCUT2D eigenvalue weighted by Crippen LogP contribution is 2.41. The van der Waals surface area contributed by atoms with Crippen LogP contribution in [0.5, 0.6) is 0 Å². The van der Waals surface area contributed by atoms with Gasteiger partial charge >= 0.3 is 0 Å². The van der Waals surface area contributed by atoms with Crippen molar-refractivity contribution >= 4 is 17.7 Å². The highest BCUT2D eigenvalue weighted by atomic mass is 16.5. The van der Waals surface area contributed by atoms with E-state index in [1.54, 1.807) is 17.9 Å². The maximum Gasteiger partial charge on any atom is 0.276 e. The number of rotatable bonds is 2. The molecule has 9 heteroatoms. The first-order valence-electron chi connectivity index (χ1n) is 11.8. The molecule has 2 atom stereocenters. The molecule has 1 aliphatic carbocycles. The Morgan fingerprint density at radius 1 is 1.12 bits per heavy atom. The smallest absolute Gasteiger partial charge is 0.276 e. The van der Waals surface area contributed by atoms with Crippen LogP contribution >= 0.6 is 0 Å². The quantitative estimate of drug-likeness (QED) is 0.718. The largest absolute Gasteiger partial charge is 0.379 e. The number of ether oxygens (including phenoxy) is 1. The van der Waals surface area contributed by atoms with Gasteiger partial charge in [0.15, 0.2) is 5.69 Å². The SMILES string of the molecule is C[C@@H]1NC(=O)C2(CCCCOC[C@H](C)NC1=O)CCN(C(=O)c1cc(C3CC3)on1)CC2. The van der Waals surface area contributed by atoms with Crippen LogP contribution in [-0.4, -0.2) is 66.2 Å². The zero-order valence-electron chi connectivity index (χ0n) is 19.0. The van der Waals surface area contributed by atoms with Crippen molar-refractivity contribution in [3.8, 4) is 0 Å². The molecule has 1 spiro atoms. The zero-order chi connectivity index (χ0) is 22.7. The summed E-state index contributed by atoms with van der Waals surface area (Å²) in [6.45, 7) is 5.61. The lowest BCUT2D eigenvalue weighted by molar-refractivity contribution is -0.137. The summed E-state index contributed by atoms with van der Waals surface area (Å²) in [5.74, 6) is 0.742. The van der Waals surface area contributed by atoms with Crippen molar-refractivity contribution in [1.82, 2.24) is 20.7 Å². The Morgan fingerprint density at radius 2 is 1.88 bits per heavy atom. The first-order chi connectivity index (χ1) is 15.4. The molecule has 0 radical (unpaired) electrons. The van der Waals surface area contributed by atoms with Crippen molar-refractivity contribution in [2.24, 2.45) is 5.41 Å². The highest BCUT2D eigenvalue weighted by Gasteiger charge is 2.43. The molecule has 0 aromatic carbocycles. The molecule has 1 aromatic rings. The average molecular weight is 447 g/mol. The lowest BCUT2D eigenvalue weighted by atomic mass is 9.73. The third-order valence-corrected chi connectivity index (χ3v) is 6.91. The lowest BCUT2D eigenvalue weighted by Crippen LogP contribution is -2.55. The molecule has 2 aliphatic heterocycles. The van der Waals surface area contributed by atoms with Gasteiger partial charge in [0, 0.05) is 37.7 Å². The van der Waals surface area contributed by atoms with E-state index in [-0.39, 0.29) is 23.8 Å². The van der Waals surface area contributed by atoms with Crippen molar-refractivity contribution in [2.45, 2.75) is 76.8 Å². The number of hydrogen-bond donors (Lipinski definition) is 2. The van der Waals surface area contributed by atoms with Crippen molar-refractivity contribution in [3.05, 3.63) is 17.5 Å². The summed E-state index contributed by atoms with van der Waals surface area (Å²) >= 11 is 0. The minimum absolute atomic E-state index is 0.0995. The summed E-state index contributed by atoms with van der Waals surface area (Å²) in [6.07, 6.45) is 5.72. The van der Waals surface area contributed by atoms with Gasteiger partial charge in [-0.25, -0.2) is 0 Å². The van der Waals surface area contributed by atoms with Crippen LogP contribution in [0, 0.1) is 5.41 Å². The van der Waals surface area contributed by atoms with E-state index in [4.69, 9.17) is 9.26 Å². The van der Waals surface area contributed by atoms with Crippen molar-refractivity contribution in [3.63, 3.8) is 0 Å². The van der Waals surface area contributed by atoms with Crippen LogP contribution in [0.15, 0.2) is 10.6 Å². The van der Waals surface area contributed by atoms with Gasteiger partial charge in [0.2, 0.25) is 11.8 Å². The molecule has 2 N–H and O–H groups in total. The molecule has 0 unspecified atom stereocenters. The second-order valence-electron chi connectivity index (χ2n) is 9.60. The minimum atomic E-state index is -0.627. The van der Waals surface area contributed by atoms with E-state index in [1.807, 2.05) is 6.92 Å². The van der Waals surface area contributed by atoms with Crippen LogP contribution < -0.4 is 10.6 Å². The molecule has 4 rings (SSSR count). The highest BCUT2D eigenvalue weighted by molar-refractivity contribution is 5.93. The fourth-order valence-electron chi connectivity index (χ4n) is 4.59. The molecular formula is C23H34N4O5. The number of nitrogens with one attached hydrogen (secondary N) is 2. The van der Waals surface area contributed by atoms with Gasteiger partial charge in [-0.1, -0.05) is 11.6 Å². The van der Waals surface area contributed by atoms with Crippen LogP contribution in [0.4, 0.5) is 0 Å². The predicted octanol–water partition coefficient (Wildman–Crippen LogP) is 1.98. The third-order valence-electron chi connectivity index (χ3n) is 6.91. The summed E-state index contributed by atoms with van der Waals surface area (Å²) in [7, 11) is 0. The summed E-state index contributed by atoms with van der Waals surface area (Å²) in [5, 5.41) is 9.78. The fraction of sp³-hybridized carbons (Fsp3) is 0.739. The van der Waals surface area contributed by atoms with E-state index in [9.17, 15) is 14.4 Å². The summed E-state index contributed by atoms with van der Waals surface area (Å²) in [4.78, 5) is 40.4. The Hall–Kier alpha value is -2.42. The normalized spacial score (nSPS) is 27.6. The van der Waals surface area contributed by atoms with E-state index in [0.29, 0.717) is 57.2 Å². The second-order valence-corrected chi connectivity index (χ2v) is 9.60. The van der Waals surface area contributed by atoms with E-state index < -0.39 is 11.5 Å². The van der Waals surface area contributed by atoms with Gasteiger partial charge in [-0.2, -0.15) is 0 Å². The molecule has 3 amide bonds. The Kier molecular flexibility index (Phi) is 6.83. The van der Waals surface area contributed by atoms with Gasteiger partial charge in [0.25, 0.3) is 5.91 Å². The summed E-state index contributed by atoms with van der Waals surface area (Å²) in [5.41, 5.74) is -0.243. The van der Waals surface area contributed by atoms with Crippen molar-refractivity contribution in [2.75, 3.05) is 26.3 Å². The molecular weight excluding hydrogens is 412 g/mol. The monoisotopic (exact) mass is 446 g/mol. The first-order valence-corrected chi connectivity index (χ1v) is 11.8. The van der Waals surface area contributed by atoms with E-state index in [1.165, 1.54) is 0 Å². The molecule has 1 saturated carbocycles. The number of aromatic nitrogens is 1.